The number of ether oxygens (including phenoxy) is 1. The summed E-state index contributed by atoms with van der Waals surface area (Å²) in [6.07, 6.45) is 1.58. The number of carbonyl (C=O) groups excluding carboxylic acids is 1. The molecule has 3 aromatic carbocycles. The molecular weight excluding hydrogens is 502 g/mol. The van der Waals surface area contributed by atoms with E-state index in [1.165, 1.54) is 5.56 Å². The Morgan fingerprint density at radius 2 is 1.80 bits per heavy atom. The van der Waals surface area contributed by atoms with Gasteiger partial charge in [0.05, 0.1) is 17.6 Å². The fraction of sp³-hybridized carbons (Fsp3) is 0.310. The van der Waals surface area contributed by atoms with Crippen LogP contribution in [0.4, 0.5) is 5.69 Å². The smallest absolute Gasteiger partial charge is 0.227 e. The Morgan fingerprint density at radius 1 is 1.06 bits per heavy atom. The van der Waals surface area contributed by atoms with E-state index in [0.29, 0.717) is 32.0 Å². The van der Waals surface area contributed by atoms with E-state index >= 15 is 0 Å². The van der Waals surface area contributed by atoms with Gasteiger partial charge in [-0.2, -0.15) is 0 Å². The molecule has 5 rings (SSSR count). The van der Waals surface area contributed by atoms with Gasteiger partial charge in [0.15, 0.2) is 0 Å². The maximum atomic E-state index is 12.9. The molecule has 6 heteroatoms. The van der Waals surface area contributed by atoms with E-state index in [4.69, 9.17) is 9.72 Å². The van der Waals surface area contributed by atoms with Crippen LogP contribution in [0.5, 0.6) is 5.75 Å². The molecule has 180 valence electrons. The molecule has 2 unspecified atom stereocenters. The monoisotopic (exact) mass is 531 g/mol. The zero-order valence-electron chi connectivity index (χ0n) is 20.2. The molecule has 0 radical (unpaired) electrons. The Bertz CT molecular complexity index is 1310. The van der Waals surface area contributed by atoms with Gasteiger partial charge in [0.1, 0.15) is 18.2 Å². The molecule has 0 bridgehead atoms. The Morgan fingerprint density at radius 3 is 2.54 bits per heavy atom. The van der Waals surface area contributed by atoms with E-state index in [0.717, 1.165) is 39.2 Å². The van der Waals surface area contributed by atoms with E-state index in [-0.39, 0.29) is 11.8 Å². The number of para-hydroxylation sites is 2. The van der Waals surface area contributed by atoms with Gasteiger partial charge in [-0.25, -0.2) is 4.98 Å². The van der Waals surface area contributed by atoms with Crippen molar-refractivity contribution < 1.29 is 9.53 Å². The van der Waals surface area contributed by atoms with Crippen LogP contribution in [-0.4, -0.2) is 28.6 Å². The number of nitrogens with zero attached hydrogens (tertiary/aromatic N) is 3. The zero-order valence-corrected chi connectivity index (χ0v) is 21.7. The number of rotatable bonds is 8. The van der Waals surface area contributed by atoms with Crippen molar-refractivity contribution in [2.45, 2.75) is 45.1 Å². The lowest BCUT2D eigenvalue weighted by molar-refractivity contribution is -0.117. The SMILES string of the molecule is CCC(C)c1ccc(OCCn2c(C3CC(=O)N(c4ccc(Br)cc4)C3)nc3ccccc32)cc1. The van der Waals surface area contributed by atoms with Crippen molar-refractivity contribution >= 4 is 38.6 Å². The molecule has 1 amide bonds. The highest BCUT2D eigenvalue weighted by Crippen LogP contribution is 2.33. The molecule has 0 saturated carbocycles. The summed E-state index contributed by atoms with van der Waals surface area (Å²) in [5, 5.41) is 0. The van der Waals surface area contributed by atoms with Crippen LogP contribution in [0.1, 0.15) is 49.9 Å². The molecule has 5 nitrogen and oxygen atoms in total. The third-order valence-electron chi connectivity index (χ3n) is 6.96. The Kier molecular flexibility index (Phi) is 6.91. The number of carbonyl (C=O) groups is 1. The normalized spacial score (nSPS) is 16.7. The van der Waals surface area contributed by atoms with Gasteiger partial charge >= 0.3 is 0 Å². The molecule has 1 saturated heterocycles. The number of imidazole rings is 1. The third-order valence-corrected chi connectivity index (χ3v) is 7.49. The quantitative estimate of drug-likeness (QED) is 0.248. The van der Waals surface area contributed by atoms with Gasteiger partial charge in [-0.05, 0) is 66.4 Å². The molecule has 0 spiro atoms. The molecular formula is C29H30BrN3O2. The van der Waals surface area contributed by atoms with Crippen LogP contribution in [-0.2, 0) is 11.3 Å². The van der Waals surface area contributed by atoms with Crippen LogP contribution in [0, 0.1) is 0 Å². The first-order valence-corrected chi connectivity index (χ1v) is 13.1. The van der Waals surface area contributed by atoms with Crippen LogP contribution >= 0.6 is 15.9 Å². The first kappa shape index (κ1) is 23.6. The second-order valence-corrected chi connectivity index (χ2v) is 10.1. The second kappa shape index (κ2) is 10.2. The van der Waals surface area contributed by atoms with E-state index < -0.39 is 0 Å². The Balaban J connectivity index is 1.34. The minimum Gasteiger partial charge on any atom is -0.492 e. The van der Waals surface area contributed by atoms with Crippen molar-refractivity contribution in [1.82, 2.24) is 9.55 Å². The molecule has 1 aliphatic rings. The van der Waals surface area contributed by atoms with Gasteiger partial charge in [-0.3, -0.25) is 4.79 Å². The predicted molar refractivity (Wildman–Crippen MR) is 144 cm³/mol. The van der Waals surface area contributed by atoms with E-state index in [9.17, 15) is 4.79 Å². The fourth-order valence-electron chi connectivity index (χ4n) is 4.77. The number of hydrogen-bond donors (Lipinski definition) is 0. The van der Waals surface area contributed by atoms with Gasteiger partial charge in [-0.15, -0.1) is 0 Å². The number of amides is 1. The number of fused-ring (bicyclic) bond motifs is 1. The zero-order chi connectivity index (χ0) is 24.4. The van der Waals surface area contributed by atoms with E-state index in [1.54, 1.807) is 0 Å². The maximum absolute atomic E-state index is 12.9. The standard InChI is InChI=1S/C29H30BrN3O2/c1-3-20(2)21-8-14-25(15-9-21)35-17-16-32-27-7-5-4-6-26(27)31-29(32)22-18-28(34)33(19-22)24-12-10-23(30)11-13-24/h4-15,20,22H,3,16-19H2,1-2H3. The summed E-state index contributed by atoms with van der Waals surface area (Å²) in [6.45, 7) is 6.28. The average molecular weight is 532 g/mol. The summed E-state index contributed by atoms with van der Waals surface area (Å²) >= 11 is 3.47. The maximum Gasteiger partial charge on any atom is 0.227 e. The fourth-order valence-corrected chi connectivity index (χ4v) is 5.04. The molecule has 2 heterocycles. The van der Waals surface area contributed by atoms with Gasteiger partial charge in [0.2, 0.25) is 5.91 Å². The van der Waals surface area contributed by atoms with Crippen LogP contribution in [0.2, 0.25) is 0 Å². The molecule has 35 heavy (non-hydrogen) atoms. The number of halogens is 1. The number of anilines is 1. The second-order valence-electron chi connectivity index (χ2n) is 9.22. The highest BCUT2D eigenvalue weighted by molar-refractivity contribution is 9.10. The summed E-state index contributed by atoms with van der Waals surface area (Å²) in [5.74, 6) is 2.55. The summed E-state index contributed by atoms with van der Waals surface area (Å²) in [7, 11) is 0. The minimum atomic E-state index is 0.0355. The summed E-state index contributed by atoms with van der Waals surface area (Å²) in [4.78, 5) is 19.7. The predicted octanol–water partition coefficient (Wildman–Crippen LogP) is 6.91. The molecule has 1 fully saturated rings. The molecule has 4 aromatic rings. The molecule has 0 N–H and O–H groups in total. The van der Waals surface area contributed by atoms with Crippen LogP contribution < -0.4 is 9.64 Å². The van der Waals surface area contributed by atoms with Crippen molar-refractivity contribution in [3.05, 3.63) is 88.7 Å². The van der Waals surface area contributed by atoms with Gasteiger partial charge in [-0.1, -0.05) is 54.0 Å². The lowest BCUT2D eigenvalue weighted by Gasteiger charge is -2.18. The average Bonchev–Trinajstić information content (AvgIpc) is 3.45. The summed E-state index contributed by atoms with van der Waals surface area (Å²) < 4.78 is 9.34. The van der Waals surface area contributed by atoms with Crippen LogP contribution in [0.25, 0.3) is 11.0 Å². The lowest BCUT2D eigenvalue weighted by atomic mass is 9.99. The lowest BCUT2D eigenvalue weighted by Crippen LogP contribution is -2.24. The van der Waals surface area contributed by atoms with E-state index in [1.807, 2.05) is 47.4 Å². The molecule has 1 aromatic heterocycles. The molecule has 1 aliphatic heterocycles. The van der Waals surface area contributed by atoms with Crippen LogP contribution in [0.15, 0.2) is 77.3 Å². The first-order valence-electron chi connectivity index (χ1n) is 12.3. The van der Waals surface area contributed by atoms with Crippen molar-refractivity contribution in [1.29, 1.82) is 0 Å². The van der Waals surface area contributed by atoms with Crippen molar-refractivity contribution in [2.24, 2.45) is 0 Å². The van der Waals surface area contributed by atoms with Crippen LogP contribution in [0.3, 0.4) is 0 Å². The van der Waals surface area contributed by atoms with Crippen molar-refractivity contribution in [2.75, 3.05) is 18.1 Å². The Hall–Kier alpha value is -3.12. The minimum absolute atomic E-state index is 0.0355. The van der Waals surface area contributed by atoms with Gasteiger partial charge in [0, 0.05) is 29.0 Å². The van der Waals surface area contributed by atoms with Gasteiger partial charge < -0.3 is 14.2 Å². The van der Waals surface area contributed by atoms with Crippen molar-refractivity contribution in [3.63, 3.8) is 0 Å². The summed E-state index contributed by atoms with van der Waals surface area (Å²) in [6, 6.07) is 24.5. The molecule has 2 atom stereocenters. The first-order chi connectivity index (χ1) is 17.0. The largest absolute Gasteiger partial charge is 0.492 e. The highest BCUT2D eigenvalue weighted by Gasteiger charge is 2.34. The van der Waals surface area contributed by atoms with Gasteiger partial charge in [0.25, 0.3) is 0 Å². The summed E-state index contributed by atoms with van der Waals surface area (Å²) in [5.41, 5.74) is 4.29. The topological polar surface area (TPSA) is 47.4 Å². The van der Waals surface area contributed by atoms with E-state index in [2.05, 4.69) is 64.7 Å². The molecule has 0 aliphatic carbocycles. The Labute approximate surface area is 214 Å². The van der Waals surface area contributed by atoms with Crippen molar-refractivity contribution in [3.8, 4) is 5.75 Å². The third kappa shape index (κ3) is 4.98. The number of aromatic nitrogens is 2. The number of benzene rings is 3. The highest BCUT2D eigenvalue weighted by atomic mass is 79.9. The number of hydrogen-bond acceptors (Lipinski definition) is 3.